The quantitative estimate of drug-likeness (QED) is 0.694. The van der Waals surface area contributed by atoms with Gasteiger partial charge in [0.25, 0.3) is 0 Å². The van der Waals surface area contributed by atoms with E-state index in [1.807, 2.05) is 0 Å². The molecule has 2 aromatic carbocycles. The highest BCUT2D eigenvalue weighted by atomic mass is 32.2. The van der Waals surface area contributed by atoms with Gasteiger partial charge in [-0.3, -0.25) is 9.69 Å². The summed E-state index contributed by atoms with van der Waals surface area (Å²) >= 11 is 0. The van der Waals surface area contributed by atoms with Crippen LogP contribution in [0.3, 0.4) is 0 Å². The molecule has 2 rings (SSSR count). The number of halogens is 1. The number of hydrogen-bond acceptors (Lipinski definition) is 4. The molecule has 2 aromatic rings. The van der Waals surface area contributed by atoms with Crippen LogP contribution >= 0.6 is 0 Å². The van der Waals surface area contributed by atoms with E-state index in [1.165, 1.54) is 28.6 Å². The van der Waals surface area contributed by atoms with Crippen molar-refractivity contribution in [3.63, 3.8) is 0 Å². The fraction of sp³-hybridized carbons (Fsp3) is 0.350. The van der Waals surface area contributed by atoms with Gasteiger partial charge in [-0.2, -0.15) is 4.31 Å². The van der Waals surface area contributed by atoms with E-state index < -0.39 is 10.0 Å². The fourth-order valence-corrected chi connectivity index (χ4v) is 4.33. The first kappa shape index (κ1) is 22.0. The zero-order valence-corrected chi connectivity index (χ0v) is 17.2. The summed E-state index contributed by atoms with van der Waals surface area (Å²) in [5.41, 5.74) is 1.30. The number of likely N-dealkylation sites (N-methyl/N-ethyl adjacent to an activating group) is 1. The topological polar surface area (TPSA) is 69.7 Å². The molecule has 152 valence electrons. The number of rotatable bonds is 9. The summed E-state index contributed by atoms with van der Waals surface area (Å²) in [4.78, 5) is 14.2. The van der Waals surface area contributed by atoms with Crippen molar-refractivity contribution >= 4 is 21.6 Å². The predicted octanol–water partition coefficient (Wildman–Crippen LogP) is 2.93. The molecule has 0 saturated heterocycles. The Hall–Kier alpha value is -2.29. The lowest BCUT2D eigenvalue weighted by Crippen LogP contribution is -2.31. The average molecular weight is 408 g/mol. The highest BCUT2D eigenvalue weighted by molar-refractivity contribution is 7.89. The number of amides is 1. The molecule has 0 radical (unpaired) electrons. The summed E-state index contributed by atoms with van der Waals surface area (Å²) in [5, 5.41) is 2.74. The Morgan fingerprint density at radius 3 is 2.29 bits per heavy atom. The maximum absolute atomic E-state index is 13.2. The van der Waals surface area contributed by atoms with Crippen molar-refractivity contribution in [3.8, 4) is 0 Å². The van der Waals surface area contributed by atoms with Crippen molar-refractivity contribution in [2.45, 2.75) is 25.3 Å². The fourth-order valence-electron chi connectivity index (χ4n) is 2.87. The largest absolute Gasteiger partial charge is 0.325 e. The Morgan fingerprint density at radius 2 is 1.71 bits per heavy atom. The van der Waals surface area contributed by atoms with Gasteiger partial charge in [-0.25, -0.2) is 12.8 Å². The lowest BCUT2D eigenvalue weighted by Gasteiger charge is -2.19. The number of nitrogens with one attached hydrogen (secondary N) is 1. The van der Waals surface area contributed by atoms with Gasteiger partial charge in [0.2, 0.25) is 15.9 Å². The van der Waals surface area contributed by atoms with Crippen molar-refractivity contribution in [2.75, 3.05) is 32.0 Å². The van der Waals surface area contributed by atoms with E-state index in [1.54, 1.807) is 50.1 Å². The summed E-state index contributed by atoms with van der Waals surface area (Å²) in [5.74, 6) is -0.548. The van der Waals surface area contributed by atoms with Gasteiger partial charge in [-0.05, 0) is 49.0 Å². The second-order valence-electron chi connectivity index (χ2n) is 6.46. The minimum absolute atomic E-state index is 0.121. The summed E-state index contributed by atoms with van der Waals surface area (Å²) in [6.07, 6.45) is 0. The van der Waals surface area contributed by atoms with Crippen molar-refractivity contribution in [1.82, 2.24) is 9.21 Å². The second-order valence-corrected chi connectivity index (χ2v) is 8.40. The standard InChI is InChI=1S/C20H26FN3O3S/c1-4-24(5-2)28(26,27)19-11-9-18(10-12-19)22-20(25)15-23(3)14-16-7-6-8-17(21)13-16/h6-13H,4-5,14-15H2,1-3H3,(H,22,25). The molecule has 0 atom stereocenters. The Labute approximate surface area is 166 Å². The molecule has 6 nitrogen and oxygen atoms in total. The average Bonchev–Trinajstić information content (AvgIpc) is 2.62. The number of anilines is 1. The van der Waals surface area contributed by atoms with Crippen molar-refractivity contribution in [3.05, 3.63) is 59.9 Å². The van der Waals surface area contributed by atoms with Gasteiger partial charge in [0.1, 0.15) is 5.82 Å². The summed E-state index contributed by atoms with van der Waals surface area (Å²) in [6, 6.07) is 12.4. The van der Waals surface area contributed by atoms with Crippen LogP contribution in [-0.4, -0.2) is 50.2 Å². The van der Waals surface area contributed by atoms with Crippen LogP contribution in [-0.2, 0) is 21.4 Å². The van der Waals surface area contributed by atoms with E-state index in [2.05, 4.69) is 5.32 Å². The third-order valence-electron chi connectivity index (χ3n) is 4.24. The van der Waals surface area contributed by atoms with Crippen LogP contribution in [0.25, 0.3) is 0 Å². The van der Waals surface area contributed by atoms with E-state index in [9.17, 15) is 17.6 Å². The Kier molecular flexibility index (Phi) is 7.68. The molecule has 0 bridgehead atoms. The van der Waals surface area contributed by atoms with Crippen LogP contribution in [0.4, 0.5) is 10.1 Å². The summed E-state index contributed by atoms with van der Waals surface area (Å²) in [7, 11) is -1.75. The molecule has 0 aliphatic carbocycles. The monoisotopic (exact) mass is 407 g/mol. The molecule has 28 heavy (non-hydrogen) atoms. The van der Waals surface area contributed by atoms with E-state index in [4.69, 9.17) is 0 Å². The number of sulfonamides is 1. The van der Waals surface area contributed by atoms with Crippen LogP contribution in [0.1, 0.15) is 19.4 Å². The van der Waals surface area contributed by atoms with Gasteiger partial charge >= 0.3 is 0 Å². The van der Waals surface area contributed by atoms with E-state index >= 15 is 0 Å². The molecule has 0 heterocycles. The molecule has 0 unspecified atom stereocenters. The highest BCUT2D eigenvalue weighted by Crippen LogP contribution is 2.18. The lowest BCUT2D eigenvalue weighted by molar-refractivity contribution is -0.117. The Morgan fingerprint density at radius 1 is 1.07 bits per heavy atom. The number of benzene rings is 2. The minimum atomic E-state index is -3.52. The lowest BCUT2D eigenvalue weighted by atomic mass is 10.2. The Bertz CT molecular complexity index is 897. The third kappa shape index (κ3) is 5.85. The first-order valence-electron chi connectivity index (χ1n) is 9.09. The van der Waals surface area contributed by atoms with Crippen LogP contribution in [0.2, 0.25) is 0 Å². The van der Waals surface area contributed by atoms with E-state index in [0.29, 0.717) is 25.3 Å². The molecule has 0 spiro atoms. The molecule has 0 aliphatic heterocycles. The molecular weight excluding hydrogens is 381 g/mol. The van der Waals surface area contributed by atoms with Gasteiger partial charge < -0.3 is 5.32 Å². The second kappa shape index (κ2) is 9.77. The predicted molar refractivity (Wildman–Crippen MR) is 108 cm³/mol. The van der Waals surface area contributed by atoms with Crippen molar-refractivity contribution < 1.29 is 17.6 Å². The van der Waals surface area contributed by atoms with Gasteiger partial charge in [0, 0.05) is 25.3 Å². The molecule has 0 fully saturated rings. The maximum Gasteiger partial charge on any atom is 0.243 e. The SMILES string of the molecule is CCN(CC)S(=O)(=O)c1ccc(NC(=O)CN(C)Cc2cccc(F)c2)cc1. The number of carbonyl (C=O) groups is 1. The normalized spacial score (nSPS) is 11.8. The maximum atomic E-state index is 13.2. The van der Waals surface area contributed by atoms with Gasteiger partial charge in [0.15, 0.2) is 0 Å². The number of nitrogens with zero attached hydrogens (tertiary/aromatic N) is 2. The van der Waals surface area contributed by atoms with Crippen LogP contribution in [0.5, 0.6) is 0 Å². The molecule has 8 heteroatoms. The van der Waals surface area contributed by atoms with Crippen molar-refractivity contribution in [2.24, 2.45) is 0 Å². The first-order chi connectivity index (χ1) is 13.3. The van der Waals surface area contributed by atoms with Crippen LogP contribution < -0.4 is 5.32 Å². The summed E-state index contributed by atoms with van der Waals surface area (Å²) in [6.45, 7) is 4.93. The third-order valence-corrected chi connectivity index (χ3v) is 6.30. The molecule has 0 saturated carbocycles. The van der Waals surface area contributed by atoms with Crippen molar-refractivity contribution in [1.29, 1.82) is 0 Å². The van der Waals surface area contributed by atoms with Crippen LogP contribution in [0, 0.1) is 5.82 Å². The highest BCUT2D eigenvalue weighted by Gasteiger charge is 2.21. The molecule has 1 N–H and O–H groups in total. The number of carbonyl (C=O) groups excluding carboxylic acids is 1. The minimum Gasteiger partial charge on any atom is -0.325 e. The zero-order chi connectivity index (χ0) is 20.7. The summed E-state index contributed by atoms with van der Waals surface area (Å²) < 4.78 is 39.6. The Balaban J connectivity index is 1.95. The van der Waals surface area contributed by atoms with E-state index in [-0.39, 0.29) is 23.2 Å². The molecular formula is C20H26FN3O3S. The molecule has 0 aliphatic rings. The van der Waals surface area contributed by atoms with Gasteiger partial charge in [-0.15, -0.1) is 0 Å². The van der Waals surface area contributed by atoms with E-state index in [0.717, 1.165) is 5.56 Å². The van der Waals surface area contributed by atoms with Crippen LogP contribution in [0.15, 0.2) is 53.4 Å². The van der Waals surface area contributed by atoms with Gasteiger partial charge in [-0.1, -0.05) is 26.0 Å². The smallest absolute Gasteiger partial charge is 0.243 e. The first-order valence-corrected chi connectivity index (χ1v) is 10.5. The zero-order valence-electron chi connectivity index (χ0n) is 16.4. The molecule has 0 aromatic heterocycles. The number of hydrogen-bond donors (Lipinski definition) is 1. The molecule has 1 amide bonds. The van der Waals surface area contributed by atoms with Gasteiger partial charge in [0.05, 0.1) is 11.4 Å².